The number of likely N-dealkylation sites (N-methyl/N-ethyl adjacent to an activating group) is 1. The quantitative estimate of drug-likeness (QED) is 0.623. The first kappa shape index (κ1) is 24.0. The minimum Gasteiger partial charge on any atom is -0.492 e. The molecule has 0 aromatic carbocycles. The van der Waals surface area contributed by atoms with Gasteiger partial charge in [-0.1, -0.05) is 0 Å². The average Bonchev–Trinajstić information content (AvgIpc) is 2.75. The second-order valence-electron chi connectivity index (χ2n) is 8.68. The van der Waals surface area contributed by atoms with Gasteiger partial charge in [-0.05, 0) is 44.7 Å². The van der Waals surface area contributed by atoms with E-state index >= 15 is 0 Å². The number of nitrogens with one attached hydrogen (secondary N) is 2. The second-order valence-corrected chi connectivity index (χ2v) is 8.68. The van der Waals surface area contributed by atoms with Crippen molar-refractivity contribution < 1.29 is 27.4 Å². The van der Waals surface area contributed by atoms with Crippen molar-refractivity contribution in [3.63, 3.8) is 0 Å². The highest BCUT2D eigenvalue weighted by Crippen LogP contribution is 2.35. The summed E-state index contributed by atoms with van der Waals surface area (Å²) in [6.07, 6.45) is -2.08. The largest absolute Gasteiger partial charge is 0.492 e. The Morgan fingerprint density at radius 2 is 2.03 bits per heavy atom. The summed E-state index contributed by atoms with van der Waals surface area (Å²) in [5.41, 5.74) is 0.300. The predicted octanol–water partition coefficient (Wildman–Crippen LogP) is 3.26. The number of amides is 1. The molecule has 2 aromatic rings. The third-order valence-electron chi connectivity index (χ3n) is 6.24. The van der Waals surface area contributed by atoms with Crippen LogP contribution in [0.4, 0.5) is 30.6 Å². The number of rotatable bonds is 7. The van der Waals surface area contributed by atoms with Crippen LogP contribution in [0, 0.1) is 12.8 Å². The molecule has 2 atom stereocenters. The van der Waals surface area contributed by atoms with Gasteiger partial charge in [-0.2, -0.15) is 18.2 Å². The average molecular weight is 480 g/mol. The summed E-state index contributed by atoms with van der Waals surface area (Å²) in [5, 5.41) is 6.21. The molecule has 2 aromatic heterocycles. The fourth-order valence-electron chi connectivity index (χ4n) is 4.21. The van der Waals surface area contributed by atoms with E-state index < -0.39 is 17.9 Å². The Kier molecular flexibility index (Phi) is 6.52. The minimum absolute atomic E-state index is 0.147. The van der Waals surface area contributed by atoms with Crippen LogP contribution < -0.4 is 20.3 Å². The molecule has 34 heavy (non-hydrogen) atoms. The van der Waals surface area contributed by atoms with Crippen LogP contribution in [0.5, 0.6) is 5.75 Å². The zero-order valence-electron chi connectivity index (χ0n) is 19.3. The van der Waals surface area contributed by atoms with Gasteiger partial charge in [-0.15, -0.1) is 0 Å². The molecule has 0 saturated heterocycles. The minimum atomic E-state index is -4.47. The summed E-state index contributed by atoms with van der Waals surface area (Å²) in [4.78, 5) is 26.8. The maximum absolute atomic E-state index is 12.6. The van der Waals surface area contributed by atoms with Gasteiger partial charge in [0.25, 0.3) is 0 Å². The Bertz CT molecular complexity index is 1040. The fourth-order valence-corrected chi connectivity index (χ4v) is 4.21. The normalized spacial score (nSPS) is 23.0. The number of alkyl halides is 3. The summed E-state index contributed by atoms with van der Waals surface area (Å²) in [6, 6.07) is 1.83. The van der Waals surface area contributed by atoms with E-state index in [2.05, 4.69) is 25.6 Å². The van der Waals surface area contributed by atoms with Crippen LogP contribution in [0.15, 0.2) is 18.3 Å². The number of hydrogen-bond acceptors (Lipinski definition) is 8. The number of nitrogens with zero attached hydrogens (tertiary/aromatic N) is 4. The number of methoxy groups -OCH3 is 1. The summed E-state index contributed by atoms with van der Waals surface area (Å²) in [5.74, 6) is 1.49. The van der Waals surface area contributed by atoms with Crippen LogP contribution in [-0.2, 0) is 15.7 Å². The smallest absolute Gasteiger partial charge is 0.433 e. The van der Waals surface area contributed by atoms with Crippen molar-refractivity contribution in [3.05, 3.63) is 29.7 Å². The lowest BCUT2D eigenvalue weighted by molar-refractivity contribution is -0.141. The number of pyridine rings is 1. The first-order valence-corrected chi connectivity index (χ1v) is 10.9. The molecule has 1 aliphatic heterocycles. The van der Waals surface area contributed by atoms with E-state index in [0.29, 0.717) is 35.5 Å². The molecule has 3 heterocycles. The number of fused-ring (bicyclic) bond motifs is 1. The van der Waals surface area contributed by atoms with Crippen molar-refractivity contribution in [1.82, 2.24) is 15.0 Å². The molecule has 2 aliphatic rings. The van der Waals surface area contributed by atoms with Crippen molar-refractivity contribution in [3.8, 4) is 5.75 Å². The van der Waals surface area contributed by atoms with E-state index in [1.165, 1.54) is 6.07 Å². The van der Waals surface area contributed by atoms with E-state index in [1.807, 2.05) is 13.8 Å². The predicted molar refractivity (Wildman–Crippen MR) is 119 cm³/mol. The lowest BCUT2D eigenvalue weighted by Gasteiger charge is -2.38. The molecule has 1 aliphatic carbocycles. The number of hydrogen-bond donors (Lipinski definition) is 2. The molecule has 1 saturated carbocycles. The van der Waals surface area contributed by atoms with Gasteiger partial charge in [0.15, 0.2) is 5.82 Å². The third-order valence-corrected chi connectivity index (χ3v) is 6.24. The number of anilines is 3. The Labute approximate surface area is 195 Å². The van der Waals surface area contributed by atoms with E-state index in [4.69, 9.17) is 9.47 Å². The van der Waals surface area contributed by atoms with Crippen molar-refractivity contribution in [1.29, 1.82) is 0 Å². The first-order chi connectivity index (χ1) is 16.1. The van der Waals surface area contributed by atoms with Gasteiger partial charge < -0.3 is 25.0 Å². The maximum Gasteiger partial charge on any atom is 0.433 e. The molecule has 0 unspecified atom stereocenters. The van der Waals surface area contributed by atoms with Gasteiger partial charge in [-0.25, -0.2) is 9.97 Å². The molecular formula is C22H27F3N6O3. The van der Waals surface area contributed by atoms with E-state index in [0.717, 1.165) is 25.1 Å². The number of aryl methyl sites for hydroxylation is 1. The van der Waals surface area contributed by atoms with Gasteiger partial charge in [0.1, 0.15) is 23.2 Å². The Hall–Kier alpha value is -3.15. The SMILES string of the molecule is CO[C@H](C)[C@H]1C(=O)Nc2c(C)nc(N[C@H]3C[C@@H](COc4ccc(C(F)(F)F)nc4)C3)nc2N1C. The number of ether oxygens (including phenoxy) is 2. The molecule has 0 radical (unpaired) electrons. The van der Waals surface area contributed by atoms with Gasteiger partial charge in [0.2, 0.25) is 11.9 Å². The van der Waals surface area contributed by atoms with Gasteiger partial charge in [-0.3, -0.25) is 4.79 Å². The number of halogens is 3. The molecule has 9 nitrogen and oxygen atoms in total. The lowest BCUT2D eigenvalue weighted by atomic mass is 9.81. The Morgan fingerprint density at radius 3 is 2.65 bits per heavy atom. The summed E-state index contributed by atoms with van der Waals surface area (Å²) < 4.78 is 48.7. The highest BCUT2D eigenvalue weighted by molar-refractivity contribution is 6.03. The van der Waals surface area contributed by atoms with E-state index in [-0.39, 0.29) is 24.0 Å². The Balaban J connectivity index is 1.32. The second kappa shape index (κ2) is 9.24. The first-order valence-electron chi connectivity index (χ1n) is 10.9. The van der Waals surface area contributed by atoms with Crippen LogP contribution in [0.2, 0.25) is 0 Å². The zero-order valence-corrected chi connectivity index (χ0v) is 19.3. The van der Waals surface area contributed by atoms with Gasteiger partial charge in [0, 0.05) is 20.2 Å². The molecule has 1 fully saturated rings. The highest BCUT2D eigenvalue weighted by Gasteiger charge is 2.38. The number of aromatic nitrogens is 3. The van der Waals surface area contributed by atoms with Gasteiger partial charge in [0.05, 0.1) is 24.6 Å². The highest BCUT2D eigenvalue weighted by atomic mass is 19.4. The van der Waals surface area contributed by atoms with Crippen LogP contribution in [0.1, 0.15) is 31.2 Å². The number of carbonyl (C=O) groups excluding carboxylic acids is 1. The molecule has 4 rings (SSSR count). The molecule has 12 heteroatoms. The monoisotopic (exact) mass is 480 g/mol. The molecule has 184 valence electrons. The Morgan fingerprint density at radius 1 is 1.29 bits per heavy atom. The summed E-state index contributed by atoms with van der Waals surface area (Å²) in [7, 11) is 3.37. The molecule has 0 bridgehead atoms. The van der Waals surface area contributed by atoms with E-state index in [1.54, 1.807) is 19.1 Å². The summed E-state index contributed by atoms with van der Waals surface area (Å²) >= 11 is 0. The van der Waals surface area contributed by atoms with Crippen LogP contribution >= 0.6 is 0 Å². The van der Waals surface area contributed by atoms with Crippen LogP contribution in [-0.4, -0.2) is 59.8 Å². The maximum atomic E-state index is 12.6. The van der Waals surface area contributed by atoms with Crippen LogP contribution in [0.25, 0.3) is 0 Å². The van der Waals surface area contributed by atoms with E-state index in [9.17, 15) is 18.0 Å². The van der Waals surface area contributed by atoms with Crippen molar-refractivity contribution in [2.45, 2.75) is 51.1 Å². The van der Waals surface area contributed by atoms with Crippen molar-refractivity contribution in [2.75, 3.05) is 36.3 Å². The van der Waals surface area contributed by atoms with Crippen molar-refractivity contribution >= 4 is 23.4 Å². The number of carbonyl (C=O) groups is 1. The molecular weight excluding hydrogens is 453 g/mol. The molecule has 1 amide bonds. The zero-order chi connectivity index (χ0) is 24.6. The summed E-state index contributed by atoms with van der Waals surface area (Å²) in [6.45, 7) is 4.03. The van der Waals surface area contributed by atoms with Gasteiger partial charge >= 0.3 is 6.18 Å². The topological polar surface area (TPSA) is 102 Å². The lowest BCUT2D eigenvalue weighted by Crippen LogP contribution is -2.53. The fraction of sp³-hybridized carbons (Fsp3) is 0.545. The molecule has 0 spiro atoms. The van der Waals surface area contributed by atoms with Crippen LogP contribution in [0.3, 0.4) is 0 Å². The molecule has 2 N–H and O–H groups in total. The third kappa shape index (κ3) is 4.86. The van der Waals surface area contributed by atoms with Crippen molar-refractivity contribution in [2.24, 2.45) is 5.92 Å². The standard InChI is InChI=1S/C22H27F3N6O3/c1-11-17-19(31(3)18(12(2)33-4)20(32)29-17)30-21(27-11)28-14-7-13(8-14)10-34-15-5-6-16(26-9-15)22(23,24)25/h5-6,9,12-14,18H,7-8,10H2,1-4H3,(H,29,32)(H,27,28,30)/t12-,13-,14+,18+/m1/s1.